The van der Waals surface area contributed by atoms with Crippen LogP contribution in [0.4, 0.5) is 26.3 Å². The second kappa shape index (κ2) is 6.32. The molecule has 0 N–H and O–H groups in total. The molecule has 5 aliphatic carbocycles. The highest BCUT2D eigenvalue weighted by Crippen LogP contribution is 2.74. The maximum Gasteiger partial charge on any atom is 0.426 e. The van der Waals surface area contributed by atoms with Crippen molar-refractivity contribution in [2.24, 2.45) is 53.3 Å². The summed E-state index contributed by atoms with van der Waals surface area (Å²) >= 11 is 0. The van der Waals surface area contributed by atoms with E-state index in [0.29, 0.717) is 42.9 Å². The fourth-order valence-corrected chi connectivity index (χ4v) is 9.08. The quantitative estimate of drug-likeness (QED) is 0.340. The third-order valence-corrected chi connectivity index (χ3v) is 10.3. The molecule has 4 bridgehead atoms. The molecule has 0 spiro atoms. The molecule has 7 heteroatoms. The van der Waals surface area contributed by atoms with Gasteiger partial charge in [0.05, 0.1) is 5.60 Å². The summed E-state index contributed by atoms with van der Waals surface area (Å²) in [7, 11) is 0. The van der Waals surface area contributed by atoms with E-state index in [9.17, 15) is 26.3 Å². The zero-order chi connectivity index (χ0) is 21.9. The summed E-state index contributed by atoms with van der Waals surface area (Å²) in [6.07, 6.45) is -7.70. The van der Waals surface area contributed by atoms with E-state index in [1.54, 1.807) is 0 Å². The van der Waals surface area contributed by atoms with Crippen molar-refractivity contribution in [1.82, 2.24) is 0 Å². The van der Waals surface area contributed by atoms with Crippen molar-refractivity contribution in [1.29, 1.82) is 0 Å². The predicted molar refractivity (Wildman–Crippen MR) is 99.4 cm³/mol. The summed E-state index contributed by atoms with van der Waals surface area (Å²) < 4.78 is 92.4. The van der Waals surface area contributed by atoms with Gasteiger partial charge in [0.2, 0.25) is 0 Å². The summed E-state index contributed by atoms with van der Waals surface area (Å²) in [5, 5.41) is 0. The fourth-order valence-electron chi connectivity index (χ4n) is 9.08. The topological polar surface area (TPSA) is 9.23 Å². The van der Waals surface area contributed by atoms with Gasteiger partial charge in [-0.1, -0.05) is 26.7 Å². The van der Waals surface area contributed by atoms with Crippen LogP contribution in [0.15, 0.2) is 0 Å². The van der Waals surface area contributed by atoms with Crippen LogP contribution >= 0.6 is 0 Å². The van der Waals surface area contributed by atoms with Crippen molar-refractivity contribution in [2.75, 3.05) is 0 Å². The van der Waals surface area contributed by atoms with Gasteiger partial charge in [-0.2, -0.15) is 26.3 Å². The first-order chi connectivity index (χ1) is 13.8. The average molecular weight is 438 g/mol. The largest absolute Gasteiger partial charge is 0.426 e. The average Bonchev–Trinajstić information content (AvgIpc) is 3.39. The van der Waals surface area contributed by atoms with E-state index in [2.05, 4.69) is 13.8 Å². The summed E-state index contributed by atoms with van der Waals surface area (Å²) in [5.74, 6) is -0.0641. The molecule has 0 radical (unpaired) electrons. The van der Waals surface area contributed by atoms with Gasteiger partial charge >= 0.3 is 12.4 Å². The standard InChI is InChI=1S/C23H32F6O/c1-11-12(2)15-10-14(11)18-13-8-16(19(15)18)17(9-13)21(22(24,25)26,23(27,28)29)30-20(3)6-4-5-7-20/h11-19H,4-10H2,1-3H3. The highest BCUT2D eigenvalue weighted by atomic mass is 19.4. The molecule has 0 aromatic carbocycles. The number of rotatable bonds is 3. The molecule has 0 saturated heterocycles. The summed E-state index contributed by atoms with van der Waals surface area (Å²) in [5.41, 5.74) is -5.40. The van der Waals surface area contributed by atoms with Gasteiger partial charge in [0.15, 0.2) is 0 Å². The molecular formula is C23H32F6O. The fraction of sp³-hybridized carbons (Fsp3) is 1.00. The summed E-state index contributed by atoms with van der Waals surface area (Å²) in [4.78, 5) is 0. The van der Waals surface area contributed by atoms with Gasteiger partial charge in [-0.25, -0.2) is 0 Å². The minimum atomic E-state index is -5.47. The first kappa shape index (κ1) is 21.4. The van der Waals surface area contributed by atoms with Crippen LogP contribution in [-0.2, 0) is 4.74 Å². The Bertz CT molecular complexity index is 679. The Morgan fingerprint density at radius 2 is 1.27 bits per heavy atom. The first-order valence-corrected chi connectivity index (χ1v) is 11.6. The van der Waals surface area contributed by atoms with Crippen LogP contribution in [0.2, 0.25) is 0 Å². The van der Waals surface area contributed by atoms with Crippen LogP contribution in [-0.4, -0.2) is 23.6 Å². The van der Waals surface area contributed by atoms with E-state index < -0.39 is 35.4 Å². The zero-order valence-electron chi connectivity index (χ0n) is 17.8. The number of halogens is 6. The Hall–Kier alpha value is -0.460. The third-order valence-electron chi connectivity index (χ3n) is 10.3. The maximum absolute atomic E-state index is 14.5. The van der Waals surface area contributed by atoms with Crippen molar-refractivity contribution in [3.8, 4) is 0 Å². The minimum absolute atomic E-state index is 0.00521. The van der Waals surface area contributed by atoms with Gasteiger partial charge in [-0.15, -0.1) is 0 Å². The number of hydrogen-bond acceptors (Lipinski definition) is 1. The van der Waals surface area contributed by atoms with Crippen molar-refractivity contribution in [2.45, 2.75) is 89.3 Å². The molecule has 0 aromatic heterocycles. The van der Waals surface area contributed by atoms with E-state index in [1.807, 2.05) is 0 Å². The van der Waals surface area contributed by atoms with E-state index in [1.165, 1.54) is 6.92 Å². The van der Waals surface area contributed by atoms with Crippen LogP contribution in [0.3, 0.4) is 0 Å². The smallest absolute Gasteiger partial charge is 0.351 e. The molecular weight excluding hydrogens is 406 g/mol. The predicted octanol–water partition coefficient (Wildman–Crippen LogP) is 7.01. The monoisotopic (exact) mass is 438 g/mol. The van der Waals surface area contributed by atoms with Gasteiger partial charge in [0.25, 0.3) is 5.60 Å². The second-order valence-electron chi connectivity index (χ2n) is 11.4. The van der Waals surface area contributed by atoms with E-state index >= 15 is 0 Å². The molecule has 5 aliphatic rings. The van der Waals surface area contributed by atoms with Crippen LogP contribution in [0.5, 0.6) is 0 Å². The first-order valence-electron chi connectivity index (χ1n) is 11.6. The molecule has 9 atom stereocenters. The number of ether oxygens (including phenoxy) is 1. The second-order valence-corrected chi connectivity index (χ2v) is 11.4. The Kier molecular flexibility index (Phi) is 4.50. The Morgan fingerprint density at radius 1 is 0.733 bits per heavy atom. The van der Waals surface area contributed by atoms with Crippen molar-refractivity contribution < 1.29 is 31.1 Å². The zero-order valence-corrected chi connectivity index (χ0v) is 17.8. The van der Waals surface area contributed by atoms with Gasteiger partial charge in [-0.05, 0) is 86.4 Å². The number of alkyl halides is 6. The molecule has 0 amide bonds. The lowest BCUT2D eigenvalue weighted by Gasteiger charge is -2.52. The van der Waals surface area contributed by atoms with Gasteiger partial charge < -0.3 is 4.74 Å². The Morgan fingerprint density at radius 3 is 1.80 bits per heavy atom. The molecule has 9 unspecified atom stereocenters. The lowest BCUT2D eigenvalue weighted by molar-refractivity contribution is -0.422. The lowest BCUT2D eigenvalue weighted by Crippen LogP contribution is -2.67. The molecule has 0 aliphatic heterocycles. The SMILES string of the molecule is CC1C(C)C2CC1C1C3CC(C21)C(C(OC1(C)CCCC1)(C(F)(F)F)C(F)(F)F)C3. The van der Waals surface area contributed by atoms with Gasteiger partial charge in [-0.3, -0.25) is 0 Å². The van der Waals surface area contributed by atoms with E-state index in [-0.39, 0.29) is 37.0 Å². The number of hydrogen-bond donors (Lipinski definition) is 0. The Labute approximate surface area is 174 Å². The van der Waals surface area contributed by atoms with Crippen molar-refractivity contribution in [3.05, 3.63) is 0 Å². The van der Waals surface area contributed by atoms with Crippen LogP contribution in [0.1, 0.15) is 65.7 Å². The van der Waals surface area contributed by atoms with Crippen LogP contribution in [0.25, 0.3) is 0 Å². The minimum Gasteiger partial charge on any atom is -0.351 e. The van der Waals surface area contributed by atoms with Crippen molar-refractivity contribution >= 4 is 0 Å². The van der Waals surface area contributed by atoms with Crippen LogP contribution in [0, 0.1) is 53.3 Å². The molecule has 1 nitrogen and oxygen atoms in total. The highest BCUT2D eigenvalue weighted by Gasteiger charge is 2.81. The van der Waals surface area contributed by atoms with Gasteiger partial charge in [0, 0.05) is 5.92 Å². The Balaban J connectivity index is 1.55. The molecule has 172 valence electrons. The summed E-state index contributed by atoms with van der Waals surface area (Å²) in [6.45, 7) is 5.81. The lowest BCUT2D eigenvalue weighted by atomic mass is 9.59. The molecule has 5 rings (SSSR count). The molecule has 5 fully saturated rings. The summed E-state index contributed by atoms with van der Waals surface area (Å²) in [6, 6.07) is 0. The van der Waals surface area contributed by atoms with Crippen LogP contribution < -0.4 is 0 Å². The molecule has 5 saturated carbocycles. The van der Waals surface area contributed by atoms with Gasteiger partial charge in [0.1, 0.15) is 0 Å². The molecule has 0 heterocycles. The molecule has 0 aromatic rings. The third kappa shape index (κ3) is 2.59. The molecule has 30 heavy (non-hydrogen) atoms. The van der Waals surface area contributed by atoms with Crippen molar-refractivity contribution in [3.63, 3.8) is 0 Å². The normalized spacial score (nSPS) is 47.3. The maximum atomic E-state index is 14.5. The highest BCUT2D eigenvalue weighted by molar-refractivity contribution is 5.19. The number of fused-ring (bicyclic) bond motifs is 9. The van der Waals surface area contributed by atoms with E-state index in [4.69, 9.17) is 4.74 Å². The van der Waals surface area contributed by atoms with E-state index in [0.717, 1.165) is 6.42 Å².